The molecule has 1 aliphatic heterocycles. The van der Waals surface area contributed by atoms with E-state index in [-0.39, 0.29) is 28.6 Å². The Balaban J connectivity index is 1.43. The minimum absolute atomic E-state index is 0.0136. The number of piperidine rings is 1. The van der Waals surface area contributed by atoms with E-state index >= 15 is 0 Å². The Morgan fingerprint density at radius 3 is 2.56 bits per heavy atom. The van der Waals surface area contributed by atoms with Crippen molar-refractivity contribution in [3.63, 3.8) is 0 Å². The van der Waals surface area contributed by atoms with Gasteiger partial charge in [0.25, 0.3) is 9.84 Å². The highest BCUT2D eigenvalue weighted by Crippen LogP contribution is 2.39. The van der Waals surface area contributed by atoms with Gasteiger partial charge in [0.15, 0.2) is 5.82 Å². The molecule has 0 spiro atoms. The van der Waals surface area contributed by atoms with Gasteiger partial charge in [-0.15, -0.1) is 0 Å². The molecule has 3 heterocycles. The normalized spacial score (nSPS) is 16.0. The molecule has 1 saturated carbocycles. The predicted molar refractivity (Wildman–Crippen MR) is 155 cm³/mol. The molecule has 0 unspecified atom stereocenters. The molecule has 1 saturated heterocycles. The maximum absolute atomic E-state index is 12.9. The lowest BCUT2D eigenvalue weighted by molar-refractivity contribution is 0.140. The lowest BCUT2D eigenvalue weighted by Crippen LogP contribution is -2.27. The van der Waals surface area contributed by atoms with E-state index in [1.807, 2.05) is 6.07 Å². The van der Waals surface area contributed by atoms with E-state index in [1.165, 1.54) is 29.7 Å². The summed E-state index contributed by atoms with van der Waals surface area (Å²) in [6.07, 6.45) is 6.56. The van der Waals surface area contributed by atoms with Gasteiger partial charge >= 0.3 is 5.30 Å². The van der Waals surface area contributed by atoms with Gasteiger partial charge in [-0.1, -0.05) is 11.6 Å². The van der Waals surface area contributed by atoms with Gasteiger partial charge < -0.3 is 25.4 Å². The summed E-state index contributed by atoms with van der Waals surface area (Å²) in [5, 5.41) is 11.8. The summed E-state index contributed by atoms with van der Waals surface area (Å²) in [7, 11) is -3.01. The van der Waals surface area contributed by atoms with Crippen molar-refractivity contribution in [3.05, 3.63) is 40.7 Å². The number of carbonyl (C=O) groups is 1. The number of aromatic nitrogens is 4. The Morgan fingerprint density at radius 2 is 1.88 bits per heavy atom. The topological polar surface area (TPSA) is 149 Å². The number of hydrogen-bond donors (Lipinski definition) is 3. The number of nitrogens with one attached hydrogen (secondary N) is 3. The molecule has 2 fully saturated rings. The van der Waals surface area contributed by atoms with E-state index < -0.39 is 26.3 Å². The van der Waals surface area contributed by atoms with Crippen molar-refractivity contribution in [1.82, 2.24) is 25.1 Å². The van der Waals surface area contributed by atoms with Crippen LogP contribution in [0.2, 0.25) is 5.02 Å². The van der Waals surface area contributed by atoms with Crippen LogP contribution in [0.25, 0.3) is 0 Å². The summed E-state index contributed by atoms with van der Waals surface area (Å²) in [4.78, 5) is 21.1. The van der Waals surface area contributed by atoms with Crippen molar-refractivity contribution < 1.29 is 22.7 Å². The van der Waals surface area contributed by atoms with Crippen LogP contribution in [-0.2, 0) is 21.6 Å². The monoisotopic (exact) mass is 603 g/mol. The first-order valence-corrected chi connectivity index (χ1v) is 15.4. The van der Waals surface area contributed by atoms with Crippen LogP contribution in [0.5, 0.6) is 5.75 Å². The molecule has 5 rings (SSSR count). The van der Waals surface area contributed by atoms with Crippen LogP contribution in [0.3, 0.4) is 0 Å². The number of nitrogens with zero attached hydrogens (tertiary/aromatic N) is 4. The molecule has 14 heteroatoms. The van der Waals surface area contributed by atoms with Crippen molar-refractivity contribution in [2.75, 3.05) is 23.7 Å². The summed E-state index contributed by atoms with van der Waals surface area (Å²) >= 11 is 6.38. The Labute approximate surface area is 244 Å². The smallest absolute Gasteiger partial charge is 0.431 e. The molecule has 1 aromatic carbocycles. The summed E-state index contributed by atoms with van der Waals surface area (Å²) < 4.78 is 38.3. The number of aryl methyl sites for hydroxylation is 2. The summed E-state index contributed by atoms with van der Waals surface area (Å²) in [6.45, 7) is 7.20. The summed E-state index contributed by atoms with van der Waals surface area (Å²) in [5.74, 6) is 1.55. The fourth-order valence-electron chi connectivity index (χ4n) is 4.69. The first-order chi connectivity index (χ1) is 19.5. The number of ether oxygens (including phenoxy) is 2. The maximum atomic E-state index is 12.9. The highest BCUT2D eigenvalue weighted by molar-refractivity contribution is 8.05. The third-order valence-corrected chi connectivity index (χ3v) is 8.43. The largest absolute Gasteiger partial charge is 0.488 e. The highest BCUT2D eigenvalue weighted by Gasteiger charge is 2.34. The van der Waals surface area contributed by atoms with Crippen LogP contribution in [0.4, 0.5) is 27.9 Å². The second-order valence-electron chi connectivity index (χ2n) is 10.6. The van der Waals surface area contributed by atoms with E-state index in [0.29, 0.717) is 5.92 Å². The van der Waals surface area contributed by atoms with E-state index in [9.17, 15) is 13.2 Å². The van der Waals surface area contributed by atoms with Gasteiger partial charge in [-0.25, -0.2) is 18.2 Å². The Morgan fingerprint density at radius 1 is 1.15 bits per heavy atom. The molecule has 2 aromatic heterocycles. The lowest BCUT2D eigenvalue weighted by Gasteiger charge is -2.26. The number of carbonyl (C=O) groups excluding carboxylic acids is 1. The molecule has 0 radical (unpaired) electrons. The van der Waals surface area contributed by atoms with Crippen LogP contribution < -0.4 is 20.7 Å². The molecule has 220 valence electrons. The maximum Gasteiger partial charge on any atom is 0.431 e. The zero-order valence-electron chi connectivity index (χ0n) is 23.4. The molecule has 0 amide bonds. The fourth-order valence-corrected chi connectivity index (χ4v) is 5.93. The Kier molecular flexibility index (Phi) is 8.39. The van der Waals surface area contributed by atoms with Crippen molar-refractivity contribution in [2.45, 2.75) is 69.6 Å². The van der Waals surface area contributed by atoms with E-state index in [1.54, 1.807) is 13.8 Å². The minimum Gasteiger partial charge on any atom is -0.488 e. The molecule has 12 nitrogen and oxygen atoms in total. The van der Waals surface area contributed by atoms with Crippen molar-refractivity contribution in [3.8, 4) is 5.75 Å². The van der Waals surface area contributed by atoms with Crippen molar-refractivity contribution >= 4 is 49.9 Å². The van der Waals surface area contributed by atoms with Gasteiger partial charge in [0.1, 0.15) is 10.8 Å². The number of benzene rings is 1. The highest BCUT2D eigenvalue weighted by atomic mass is 35.5. The molecular formula is C27H34ClN7O5S. The minimum atomic E-state index is -4.54. The zero-order chi connectivity index (χ0) is 29.3. The van der Waals surface area contributed by atoms with Gasteiger partial charge in [0.05, 0.1) is 29.8 Å². The predicted octanol–water partition coefficient (Wildman–Crippen LogP) is 4.99. The second kappa shape index (κ2) is 11.8. The second-order valence-corrected chi connectivity index (χ2v) is 12.8. The summed E-state index contributed by atoms with van der Waals surface area (Å²) in [6, 6.07) is 4.18. The van der Waals surface area contributed by atoms with Gasteiger partial charge in [-0.3, -0.25) is 4.68 Å². The zero-order valence-corrected chi connectivity index (χ0v) is 25.0. The van der Waals surface area contributed by atoms with Crippen LogP contribution in [0, 0.1) is 6.92 Å². The molecule has 1 aliphatic carbocycles. The average molecular weight is 604 g/mol. The van der Waals surface area contributed by atoms with Crippen LogP contribution in [0.15, 0.2) is 29.6 Å². The van der Waals surface area contributed by atoms with E-state index in [0.717, 1.165) is 55.8 Å². The Hall–Kier alpha value is -3.42. The molecule has 41 heavy (non-hydrogen) atoms. The van der Waals surface area contributed by atoms with Crippen molar-refractivity contribution in [1.29, 1.82) is 0 Å². The van der Waals surface area contributed by atoms with Crippen LogP contribution in [-0.4, -0.2) is 58.8 Å². The van der Waals surface area contributed by atoms with E-state index in [2.05, 4.69) is 44.0 Å². The SMILES string of the molecule is Cc1cc(Nc2ncc(Cl)c(Nc3cn(C)nc3S(=O)(=O)C(=O)OC(C)C)n2)c(OC2CC2)cc1C1CCNCC1. The molecule has 0 bridgehead atoms. The number of rotatable bonds is 9. The number of sulfone groups is 1. The average Bonchev–Trinajstić information content (AvgIpc) is 3.66. The molecule has 3 N–H and O–H groups in total. The lowest BCUT2D eigenvalue weighted by atomic mass is 9.87. The first kappa shape index (κ1) is 29.1. The summed E-state index contributed by atoms with van der Waals surface area (Å²) in [5.41, 5.74) is 3.17. The third-order valence-electron chi connectivity index (χ3n) is 6.81. The number of anilines is 4. The standard InChI is InChI=1S/C27H34ClN7O5S/c1-15(2)39-27(36)41(37,38)25-22(14-35(4)34-25)31-24-20(28)13-30-26(33-24)32-21-11-16(3)19(17-7-9-29-10-8-17)12-23(21)40-18-5-6-18/h11-15,17-18,29H,5-10H2,1-4H3,(H2,30,31,32,33). The third kappa shape index (κ3) is 6.74. The van der Waals surface area contributed by atoms with Crippen LogP contribution >= 0.6 is 11.6 Å². The molecule has 0 atom stereocenters. The first-order valence-electron chi connectivity index (χ1n) is 13.6. The number of halogens is 1. The van der Waals surface area contributed by atoms with Crippen molar-refractivity contribution in [2.24, 2.45) is 7.05 Å². The number of hydrogen-bond acceptors (Lipinski definition) is 11. The molecule has 2 aliphatic rings. The fraction of sp³-hybridized carbons (Fsp3) is 0.481. The van der Waals surface area contributed by atoms with Gasteiger partial charge in [0, 0.05) is 13.2 Å². The van der Waals surface area contributed by atoms with E-state index in [4.69, 9.17) is 21.1 Å². The molecular weight excluding hydrogens is 570 g/mol. The van der Waals surface area contributed by atoms with Gasteiger partial charge in [0.2, 0.25) is 11.0 Å². The Bertz CT molecular complexity index is 1550. The van der Waals surface area contributed by atoms with Crippen LogP contribution in [0.1, 0.15) is 56.6 Å². The van der Waals surface area contributed by atoms with Gasteiger partial charge in [-0.2, -0.15) is 10.1 Å². The quantitative estimate of drug-likeness (QED) is 0.284. The molecule has 3 aromatic rings. The van der Waals surface area contributed by atoms with Gasteiger partial charge in [-0.05, 0) is 88.7 Å².